The number of fused-ring (bicyclic) bond motifs is 4. The first-order valence-corrected chi connectivity index (χ1v) is 47.0. The third kappa shape index (κ3) is 24.6. The van der Waals surface area contributed by atoms with E-state index in [9.17, 15) is 40.8 Å². The topological polar surface area (TPSA) is 316 Å². The summed E-state index contributed by atoms with van der Waals surface area (Å²) in [6.07, 6.45) is 16.5. The van der Waals surface area contributed by atoms with Crippen molar-refractivity contribution in [2.24, 2.45) is 0 Å². The van der Waals surface area contributed by atoms with Crippen LogP contribution in [-0.4, -0.2) is 160 Å². The molecule has 1 saturated heterocycles. The Hall–Kier alpha value is -15.5. The fourth-order valence-electron chi connectivity index (χ4n) is 17.8. The molecule has 1 fully saturated rings. The van der Waals surface area contributed by atoms with E-state index in [0.29, 0.717) is 99.8 Å². The van der Waals surface area contributed by atoms with Crippen LogP contribution in [0.15, 0.2) is 208 Å². The smallest absolute Gasteiger partial charge is 0.306 e. The molecule has 738 valence electrons. The van der Waals surface area contributed by atoms with Crippen LogP contribution in [0.5, 0.6) is 74.7 Å². The molecule has 3 aromatic heterocycles. The van der Waals surface area contributed by atoms with Crippen molar-refractivity contribution < 1.29 is 111 Å². The molecule has 4 aliphatic carbocycles. The number of amides is 4. The van der Waals surface area contributed by atoms with E-state index in [1.807, 2.05) is 125 Å². The summed E-state index contributed by atoms with van der Waals surface area (Å²) >= 11 is 0. The SMILES string of the molecule is COc1cc(/C=C2/C(C)=C(CC(=O)NC3CCCN(C)C3)c3cc(F)ccc32)cc(OC)c1OC.COc1cc(/C=C2/C(C)=C(CC(=O)NCc3ccc[nH]3)c3cc(F)ccc32)cc(OC)c1OC.COc1cc(/C=C2/C(C)=C(CC(=O)NCc3ccco3)c3cc(F)ccc32)cc(OC)c1OC.COc1ccc2c(c1)C(CC(=O)NCc1ccco1)=C(C)/C2=C/c1cc(OC)c(OS(C)(=O)=O)c(OC)c1. The average Bonchev–Trinajstić information content (AvgIpc) is 1.63. The number of likely N-dealkylation sites (N-methyl/N-ethyl adjacent to an activating group) is 1. The number of nitrogens with zero attached hydrogens (tertiary/aromatic N) is 1. The lowest BCUT2D eigenvalue weighted by molar-refractivity contribution is -0.121. The largest absolute Gasteiger partial charge is 0.497 e. The van der Waals surface area contributed by atoms with Gasteiger partial charge in [-0.15, -0.1) is 0 Å². The van der Waals surface area contributed by atoms with E-state index in [1.54, 1.807) is 138 Å². The Balaban J connectivity index is 0.000000158. The molecule has 0 spiro atoms. The minimum atomic E-state index is -3.81. The number of aromatic amines is 1. The van der Waals surface area contributed by atoms with Gasteiger partial charge in [0.2, 0.25) is 46.6 Å². The number of benzene rings is 8. The second-order valence-corrected chi connectivity index (χ2v) is 35.2. The molecule has 0 radical (unpaired) electrons. The van der Waals surface area contributed by atoms with Gasteiger partial charge in [-0.1, -0.05) is 24.3 Å². The van der Waals surface area contributed by atoms with E-state index in [2.05, 4.69) is 38.2 Å². The second-order valence-electron chi connectivity index (χ2n) is 33.6. The van der Waals surface area contributed by atoms with Crippen molar-refractivity contribution in [1.82, 2.24) is 31.2 Å². The number of allylic oxidation sites excluding steroid dienone is 8. The van der Waals surface area contributed by atoms with E-state index in [4.69, 9.17) is 69.9 Å². The maximum Gasteiger partial charge on any atom is 0.306 e. The summed E-state index contributed by atoms with van der Waals surface area (Å²) in [6.45, 7) is 10.7. The van der Waals surface area contributed by atoms with Crippen LogP contribution in [-0.2, 0) is 48.9 Å². The summed E-state index contributed by atoms with van der Waals surface area (Å²) in [5, 5.41) is 11.9. The number of rotatable bonds is 33. The Morgan fingerprint density at radius 2 is 0.723 bits per heavy atom. The van der Waals surface area contributed by atoms with Gasteiger partial charge in [-0.25, -0.2) is 13.2 Å². The Kier molecular flexibility index (Phi) is 34.1. The molecular formula is C110H115F3N6O21S. The Morgan fingerprint density at radius 3 is 1.02 bits per heavy atom. The van der Waals surface area contributed by atoms with E-state index >= 15 is 0 Å². The number of carbonyl (C=O) groups is 4. The number of hydrogen-bond acceptors (Lipinski definition) is 22. The highest BCUT2D eigenvalue weighted by atomic mass is 32.2. The molecule has 0 bridgehead atoms. The summed E-state index contributed by atoms with van der Waals surface area (Å²) < 4.78 is 147. The van der Waals surface area contributed by atoms with E-state index < -0.39 is 10.1 Å². The minimum Gasteiger partial charge on any atom is -0.497 e. The van der Waals surface area contributed by atoms with Crippen molar-refractivity contribution >= 4 is 103 Å². The third-order valence-corrected chi connectivity index (χ3v) is 25.1. The normalized spacial score (nSPS) is 15.1. The maximum absolute atomic E-state index is 14.3. The first-order chi connectivity index (χ1) is 67.9. The zero-order chi connectivity index (χ0) is 101. The minimum absolute atomic E-state index is 0.0302. The summed E-state index contributed by atoms with van der Waals surface area (Å²) in [5.41, 5.74) is 21.5. The quantitative estimate of drug-likeness (QED) is 0.0239. The van der Waals surface area contributed by atoms with Crippen LogP contribution in [0, 0.1) is 17.5 Å². The molecule has 0 saturated carbocycles. The first-order valence-electron chi connectivity index (χ1n) is 45.1. The maximum atomic E-state index is 14.3. The highest BCUT2D eigenvalue weighted by molar-refractivity contribution is 7.86. The molecule has 11 aromatic rings. The van der Waals surface area contributed by atoms with Gasteiger partial charge in [-0.2, -0.15) is 8.42 Å². The fraction of sp³-hybridized carbons (Fsp3) is 0.273. The highest BCUT2D eigenvalue weighted by Gasteiger charge is 2.34. The van der Waals surface area contributed by atoms with E-state index in [0.717, 1.165) is 160 Å². The Morgan fingerprint density at radius 1 is 0.397 bits per heavy atom. The van der Waals surface area contributed by atoms with Crippen LogP contribution in [0.4, 0.5) is 13.2 Å². The van der Waals surface area contributed by atoms with Gasteiger partial charge < -0.3 is 101 Å². The molecule has 4 heterocycles. The summed E-state index contributed by atoms with van der Waals surface area (Å²) in [6, 6.07) is 45.3. The molecule has 4 amide bonds. The molecule has 16 rings (SSSR count). The van der Waals surface area contributed by atoms with Crippen LogP contribution in [0.25, 0.3) is 68.9 Å². The zero-order valence-electron chi connectivity index (χ0n) is 82.0. The predicted molar refractivity (Wildman–Crippen MR) is 538 cm³/mol. The lowest BCUT2D eigenvalue weighted by Gasteiger charge is -2.30. The lowest BCUT2D eigenvalue weighted by atomic mass is 10.00. The van der Waals surface area contributed by atoms with Crippen molar-refractivity contribution in [2.45, 2.75) is 91.9 Å². The third-order valence-electron chi connectivity index (χ3n) is 24.6. The fourth-order valence-corrected chi connectivity index (χ4v) is 18.2. The zero-order valence-corrected chi connectivity index (χ0v) is 82.8. The number of piperidine rings is 1. The molecule has 27 nitrogen and oxygen atoms in total. The van der Waals surface area contributed by atoms with Gasteiger partial charge >= 0.3 is 10.1 Å². The van der Waals surface area contributed by atoms with Crippen LogP contribution >= 0.6 is 0 Å². The van der Waals surface area contributed by atoms with Gasteiger partial charge in [0.25, 0.3) is 0 Å². The average molecular weight is 1950 g/mol. The molecule has 5 aliphatic rings. The molecule has 5 N–H and O–H groups in total. The molecule has 141 heavy (non-hydrogen) atoms. The number of ether oxygens (including phenoxy) is 12. The van der Waals surface area contributed by atoms with E-state index in [1.165, 1.54) is 50.6 Å². The van der Waals surface area contributed by atoms with Gasteiger partial charge in [0.1, 0.15) is 34.7 Å². The first kappa shape index (κ1) is 103. The van der Waals surface area contributed by atoms with Crippen molar-refractivity contribution in [1.29, 1.82) is 0 Å². The van der Waals surface area contributed by atoms with Crippen molar-refractivity contribution in [3.8, 4) is 74.7 Å². The Bertz CT molecular complexity index is 6590. The molecule has 1 aliphatic heterocycles. The van der Waals surface area contributed by atoms with Gasteiger partial charge in [0, 0.05) is 24.5 Å². The predicted octanol–water partition coefficient (Wildman–Crippen LogP) is 20.2. The number of furan rings is 2. The molecule has 31 heteroatoms. The molecule has 8 aromatic carbocycles. The van der Waals surface area contributed by atoms with Crippen LogP contribution in [0.1, 0.15) is 150 Å². The lowest BCUT2D eigenvalue weighted by Crippen LogP contribution is -2.46. The van der Waals surface area contributed by atoms with E-state index in [-0.39, 0.29) is 90.1 Å². The molecular weight excluding hydrogens is 1830 g/mol. The van der Waals surface area contributed by atoms with Crippen LogP contribution < -0.4 is 82.3 Å². The van der Waals surface area contributed by atoms with Crippen molar-refractivity contribution in [2.75, 3.05) is 112 Å². The standard InChI is InChI=1S/C28H33FN2O4.C28H29NO8S.C27H27FN2O4.C27H26FNO5/c1-17-22(11-18-12-25(33-3)28(35-5)26(13-18)34-4)21-9-8-19(29)14-24(21)23(17)15-27(32)30-20-7-6-10-31(2)16-20;1-17-22(11-18-12-25(34-3)28(26(13-18)35-4)37-38(5,31)32)21-9-8-19(33-2)14-24(21)23(17)15-27(30)29-16-20-7-6-10-36-20;1-16-21(10-17-11-24(32-2)27(34-4)25(12-17)33-3)20-8-7-18(28)13-23(20)22(16)14-26(31)30-15-19-6-5-9-29-19;1-16-21(10-17-11-24(31-2)27(33-4)25(12-17)32-3)20-8-7-18(28)13-23(20)22(16)14-26(30)29-15-19-6-5-9-34-19/h8-9,11-14,20H,6-7,10,15-16H2,1-5H3,(H,30,32);6-14H,15-16H2,1-5H3,(H,29,30);5-13,29H,14-15H2,1-4H3,(H,30,31);5-13H,14-15H2,1-4H3,(H,29,30)/b2*22-11-;2*21-10-. The van der Waals surface area contributed by atoms with Gasteiger partial charge in [0.05, 0.1) is 149 Å². The van der Waals surface area contributed by atoms with Crippen molar-refractivity contribution in [3.05, 3.63) is 300 Å². The van der Waals surface area contributed by atoms with Gasteiger partial charge in [0.15, 0.2) is 46.0 Å². The van der Waals surface area contributed by atoms with Crippen LogP contribution in [0.2, 0.25) is 0 Å². The number of methoxy groups -OCH3 is 12. The highest BCUT2D eigenvalue weighted by Crippen LogP contribution is 2.52. The second kappa shape index (κ2) is 46.8. The van der Waals surface area contributed by atoms with Crippen molar-refractivity contribution in [3.63, 3.8) is 0 Å². The number of halogens is 3. The molecule has 1 unspecified atom stereocenters. The number of likely N-dealkylation sites (tertiary alicyclic amines) is 1. The number of hydrogen-bond donors (Lipinski definition) is 5. The Labute approximate surface area is 818 Å². The summed E-state index contributed by atoms with van der Waals surface area (Å²) in [5.74, 6) is 5.66. The van der Waals surface area contributed by atoms with Crippen LogP contribution in [0.3, 0.4) is 0 Å². The number of H-pyrrole nitrogens is 1. The number of aromatic nitrogens is 1. The monoisotopic (exact) mass is 1940 g/mol. The van der Waals surface area contributed by atoms with Gasteiger partial charge in [-0.05, 0) is 346 Å². The van der Waals surface area contributed by atoms with Gasteiger partial charge in [-0.3, -0.25) is 19.2 Å². The summed E-state index contributed by atoms with van der Waals surface area (Å²) in [7, 11) is 16.8. The number of carbonyl (C=O) groups excluding carboxylic acids is 4. The molecule has 1 atom stereocenters. The number of nitrogens with one attached hydrogen (secondary N) is 5. The summed E-state index contributed by atoms with van der Waals surface area (Å²) in [4.78, 5) is 56.6.